The summed E-state index contributed by atoms with van der Waals surface area (Å²) in [6.45, 7) is 7.47. The molecule has 1 aromatic carbocycles. The lowest BCUT2D eigenvalue weighted by Gasteiger charge is -2.35. The monoisotopic (exact) mass is 389 g/mol. The van der Waals surface area contributed by atoms with Crippen LogP contribution in [0.5, 0.6) is 0 Å². The number of carbonyl (C=O) groups excluding carboxylic acids is 2. The second kappa shape index (κ2) is 11.2. The van der Waals surface area contributed by atoms with Crippen molar-refractivity contribution in [3.05, 3.63) is 29.8 Å². The molecule has 8 heteroatoms. The van der Waals surface area contributed by atoms with Crippen LogP contribution in [0.1, 0.15) is 32.3 Å². The molecule has 1 aliphatic heterocycles. The Morgan fingerprint density at radius 2 is 1.71 bits per heavy atom. The van der Waals surface area contributed by atoms with Gasteiger partial charge in [-0.15, -0.1) is 0 Å². The standard InChI is InChI=1S/C20H31N5O3/c1-4-6-18(26)23-17-9-7-16(8-10-17)15-22-19(21-3)24-11-13-25(14-12-24)20(27)28-5-2/h7-10H,4-6,11-15H2,1-3H3,(H,21,22)(H,23,26). The van der Waals surface area contributed by atoms with Gasteiger partial charge in [-0.2, -0.15) is 0 Å². The molecule has 0 aliphatic carbocycles. The van der Waals surface area contributed by atoms with E-state index < -0.39 is 0 Å². The number of hydrogen-bond acceptors (Lipinski definition) is 4. The number of hydrogen-bond donors (Lipinski definition) is 2. The van der Waals surface area contributed by atoms with E-state index in [2.05, 4.69) is 20.5 Å². The van der Waals surface area contributed by atoms with Gasteiger partial charge in [0.1, 0.15) is 0 Å². The SMILES string of the molecule is CCCC(=O)Nc1ccc(CNC(=NC)N2CCN(C(=O)OCC)CC2)cc1. The van der Waals surface area contributed by atoms with E-state index in [9.17, 15) is 9.59 Å². The predicted molar refractivity (Wildman–Crippen MR) is 110 cm³/mol. The molecule has 2 amide bonds. The molecule has 2 N–H and O–H groups in total. The minimum Gasteiger partial charge on any atom is -0.450 e. The number of aliphatic imine (C=N–C) groups is 1. The summed E-state index contributed by atoms with van der Waals surface area (Å²) in [5.41, 5.74) is 1.90. The highest BCUT2D eigenvalue weighted by atomic mass is 16.6. The van der Waals surface area contributed by atoms with Gasteiger partial charge in [-0.05, 0) is 31.0 Å². The molecule has 2 rings (SSSR count). The fourth-order valence-corrected chi connectivity index (χ4v) is 2.99. The first kappa shape index (κ1) is 21.5. The van der Waals surface area contributed by atoms with Crippen LogP contribution >= 0.6 is 0 Å². The first-order chi connectivity index (χ1) is 13.6. The van der Waals surface area contributed by atoms with Gasteiger partial charge in [0.15, 0.2) is 5.96 Å². The normalized spacial score (nSPS) is 14.6. The molecule has 1 fully saturated rings. The minimum atomic E-state index is -0.254. The molecule has 1 aromatic rings. The van der Waals surface area contributed by atoms with Crippen LogP contribution in [-0.2, 0) is 16.1 Å². The highest BCUT2D eigenvalue weighted by molar-refractivity contribution is 5.90. The maximum Gasteiger partial charge on any atom is 0.409 e. The van der Waals surface area contributed by atoms with Gasteiger partial charge >= 0.3 is 6.09 Å². The van der Waals surface area contributed by atoms with Crippen LogP contribution in [0, 0.1) is 0 Å². The van der Waals surface area contributed by atoms with E-state index in [1.807, 2.05) is 38.1 Å². The number of carbonyl (C=O) groups is 2. The van der Waals surface area contributed by atoms with Crippen molar-refractivity contribution >= 4 is 23.6 Å². The third-order valence-corrected chi connectivity index (χ3v) is 4.48. The van der Waals surface area contributed by atoms with Crippen molar-refractivity contribution in [2.75, 3.05) is 45.2 Å². The molecule has 154 valence electrons. The quantitative estimate of drug-likeness (QED) is 0.576. The largest absolute Gasteiger partial charge is 0.450 e. The Balaban J connectivity index is 1.81. The minimum absolute atomic E-state index is 0.0377. The van der Waals surface area contributed by atoms with E-state index in [1.165, 1.54) is 0 Å². The topological polar surface area (TPSA) is 86.3 Å². The molecule has 0 unspecified atom stereocenters. The van der Waals surface area contributed by atoms with Crippen LogP contribution < -0.4 is 10.6 Å². The molecule has 1 saturated heterocycles. The molecular formula is C20H31N5O3. The summed E-state index contributed by atoms with van der Waals surface area (Å²) >= 11 is 0. The fraction of sp³-hybridized carbons (Fsp3) is 0.550. The number of ether oxygens (including phenoxy) is 1. The Morgan fingerprint density at radius 3 is 2.29 bits per heavy atom. The van der Waals surface area contributed by atoms with E-state index in [4.69, 9.17) is 4.74 Å². The summed E-state index contributed by atoms with van der Waals surface area (Å²) in [4.78, 5) is 31.7. The van der Waals surface area contributed by atoms with Crippen molar-refractivity contribution in [3.8, 4) is 0 Å². The average Bonchev–Trinajstić information content (AvgIpc) is 2.70. The predicted octanol–water partition coefficient (Wildman–Crippen LogP) is 2.27. The van der Waals surface area contributed by atoms with Crippen LogP contribution in [0.15, 0.2) is 29.3 Å². The summed E-state index contributed by atoms with van der Waals surface area (Å²) in [5.74, 6) is 0.847. The number of anilines is 1. The van der Waals surface area contributed by atoms with Gasteiger partial charge in [-0.25, -0.2) is 4.79 Å². The number of guanidine groups is 1. The molecule has 0 aromatic heterocycles. The van der Waals surface area contributed by atoms with Gasteiger partial charge < -0.3 is 25.2 Å². The molecule has 1 aliphatic rings. The molecule has 0 radical (unpaired) electrons. The number of nitrogens with one attached hydrogen (secondary N) is 2. The van der Waals surface area contributed by atoms with Gasteiger partial charge in [-0.3, -0.25) is 9.79 Å². The highest BCUT2D eigenvalue weighted by Crippen LogP contribution is 2.11. The molecule has 8 nitrogen and oxygen atoms in total. The zero-order chi connectivity index (χ0) is 20.4. The molecular weight excluding hydrogens is 358 g/mol. The third kappa shape index (κ3) is 6.44. The molecule has 0 spiro atoms. The van der Waals surface area contributed by atoms with Crippen molar-refractivity contribution in [3.63, 3.8) is 0 Å². The van der Waals surface area contributed by atoms with Crippen LogP contribution in [0.4, 0.5) is 10.5 Å². The van der Waals surface area contributed by atoms with Crippen LogP contribution in [-0.4, -0.2) is 67.6 Å². The maximum absolute atomic E-state index is 11.8. The zero-order valence-corrected chi connectivity index (χ0v) is 17.0. The van der Waals surface area contributed by atoms with Gasteiger partial charge in [0, 0.05) is 51.9 Å². The Bertz CT molecular complexity index is 667. The Kier molecular flexibility index (Phi) is 8.58. The second-order valence-corrected chi connectivity index (χ2v) is 6.57. The Labute approximate surface area is 166 Å². The van der Waals surface area contributed by atoms with Crippen molar-refractivity contribution < 1.29 is 14.3 Å². The van der Waals surface area contributed by atoms with E-state index in [0.717, 1.165) is 23.6 Å². The number of rotatable bonds is 6. The van der Waals surface area contributed by atoms with Crippen molar-refractivity contribution in [2.45, 2.75) is 33.2 Å². The van der Waals surface area contributed by atoms with Crippen molar-refractivity contribution in [2.24, 2.45) is 4.99 Å². The number of benzene rings is 1. The number of amides is 2. The third-order valence-electron chi connectivity index (χ3n) is 4.48. The number of piperazine rings is 1. The van der Waals surface area contributed by atoms with E-state index >= 15 is 0 Å². The summed E-state index contributed by atoms with van der Waals surface area (Å²) in [7, 11) is 1.76. The maximum atomic E-state index is 11.8. The molecule has 0 saturated carbocycles. The summed E-state index contributed by atoms with van der Waals surface area (Å²) < 4.78 is 5.05. The summed E-state index contributed by atoms with van der Waals surface area (Å²) in [5, 5.41) is 6.25. The van der Waals surface area contributed by atoms with Crippen LogP contribution in [0.2, 0.25) is 0 Å². The lowest BCUT2D eigenvalue weighted by atomic mass is 10.2. The van der Waals surface area contributed by atoms with Crippen LogP contribution in [0.3, 0.4) is 0 Å². The van der Waals surface area contributed by atoms with Gasteiger partial charge in [0.25, 0.3) is 0 Å². The first-order valence-electron chi connectivity index (χ1n) is 9.83. The van der Waals surface area contributed by atoms with E-state index in [-0.39, 0.29) is 12.0 Å². The summed E-state index contributed by atoms with van der Waals surface area (Å²) in [6.07, 6.45) is 1.11. The van der Waals surface area contributed by atoms with Gasteiger partial charge in [-0.1, -0.05) is 19.1 Å². The molecule has 28 heavy (non-hydrogen) atoms. The smallest absolute Gasteiger partial charge is 0.409 e. The van der Waals surface area contributed by atoms with Crippen molar-refractivity contribution in [1.29, 1.82) is 0 Å². The number of nitrogens with zero attached hydrogens (tertiary/aromatic N) is 3. The van der Waals surface area contributed by atoms with Crippen molar-refractivity contribution in [1.82, 2.24) is 15.1 Å². The molecule has 0 bridgehead atoms. The van der Waals surface area contributed by atoms with Gasteiger partial charge in [0.2, 0.25) is 5.91 Å². The highest BCUT2D eigenvalue weighted by Gasteiger charge is 2.23. The second-order valence-electron chi connectivity index (χ2n) is 6.57. The fourth-order valence-electron chi connectivity index (χ4n) is 2.99. The summed E-state index contributed by atoms with van der Waals surface area (Å²) in [6, 6.07) is 7.79. The van der Waals surface area contributed by atoms with Gasteiger partial charge in [0.05, 0.1) is 6.61 Å². The molecule has 0 atom stereocenters. The van der Waals surface area contributed by atoms with Crippen LogP contribution in [0.25, 0.3) is 0 Å². The average molecular weight is 390 g/mol. The molecule has 1 heterocycles. The van der Waals surface area contributed by atoms with E-state index in [1.54, 1.807) is 11.9 Å². The lowest BCUT2D eigenvalue weighted by molar-refractivity contribution is -0.116. The lowest BCUT2D eigenvalue weighted by Crippen LogP contribution is -2.53. The van der Waals surface area contributed by atoms with E-state index in [0.29, 0.717) is 45.8 Å². The zero-order valence-electron chi connectivity index (χ0n) is 17.0. The Morgan fingerprint density at radius 1 is 1.07 bits per heavy atom. The Hall–Kier alpha value is -2.77. The first-order valence-corrected chi connectivity index (χ1v) is 9.83.